The molecule has 2 N–H and O–H groups in total. The summed E-state index contributed by atoms with van der Waals surface area (Å²) in [6, 6.07) is 1.86. The minimum Gasteiger partial charge on any atom is -0.493 e. The first-order valence-electron chi connectivity index (χ1n) is 6.36. The van der Waals surface area contributed by atoms with Crippen LogP contribution in [0.1, 0.15) is 23.6 Å². The van der Waals surface area contributed by atoms with Crippen LogP contribution in [0, 0.1) is 12.8 Å². The van der Waals surface area contributed by atoms with Crippen molar-refractivity contribution in [1.82, 2.24) is 5.32 Å². The molecule has 1 aromatic rings. The van der Waals surface area contributed by atoms with Crippen molar-refractivity contribution >= 4 is 21.9 Å². The van der Waals surface area contributed by atoms with Crippen molar-refractivity contribution in [3.63, 3.8) is 0 Å². The van der Waals surface area contributed by atoms with Crippen LogP contribution in [0.3, 0.4) is 0 Å². The first kappa shape index (κ1) is 15.1. The van der Waals surface area contributed by atoms with Crippen molar-refractivity contribution in [2.45, 2.75) is 19.4 Å². The highest BCUT2D eigenvalue weighted by atomic mass is 79.9. The Kier molecular flexibility index (Phi) is 4.55. The number of aliphatic carboxylic acids is 1. The van der Waals surface area contributed by atoms with E-state index in [2.05, 4.69) is 21.2 Å². The summed E-state index contributed by atoms with van der Waals surface area (Å²) in [5.41, 5.74) is 1.99. The molecule has 0 amide bonds. The van der Waals surface area contributed by atoms with Gasteiger partial charge in [0.05, 0.1) is 20.1 Å². The Hall–Kier alpha value is -1.27. The maximum Gasteiger partial charge on any atom is 0.307 e. The molecule has 0 spiro atoms. The average Bonchev–Trinajstić information content (AvgIpc) is 2.87. The molecule has 0 bridgehead atoms. The molecule has 1 aliphatic heterocycles. The Morgan fingerprint density at radius 2 is 2.15 bits per heavy atom. The van der Waals surface area contributed by atoms with Gasteiger partial charge in [-0.3, -0.25) is 4.79 Å². The molecule has 2 unspecified atom stereocenters. The molecule has 1 aromatic carbocycles. The molecule has 1 heterocycles. The minimum atomic E-state index is -0.755. The molecule has 1 fully saturated rings. The Morgan fingerprint density at radius 1 is 1.45 bits per heavy atom. The fourth-order valence-corrected chi connectivity index (χ4v) is 3.50. The molecule has 0 radical (unpaired) electrons. The maximum atomic E-state index is 11.1. The predicted molar refractivity (Wildman–Crippen MR) is 78.5 cm³/mol. The monoisotopic (exact) mass is 343 g/mol. The third kappa shape index (κ3) is 2.62. The van der Waals surface area contributed by atoms with Gasteiger partial charge in [0, 0.05) is 22.6 Å². The first-order chi connectivity index (χ1) is 9.49. The smallest absolute Gasteiger partial charge is 0.307 e. The van der Waals surface area contributed by atoms with E-state index >= 15 is 0 Å². The molecule has 1 saturated heterocycles. The number of rotatable bonds is 4. The first-order valence-corrected chi connectivity index (χ1v) is 7.16. The molecule has 110 valence electrons. The lowest BCUT2D eigenvalue weighted by Crippen LogP contribution is -2.18. The van der Waals surface area contributed by atoms with E-state index in [1.807, 2.05) is 13.0 Å². The fraction of sp³-hybridized carbons (Fsp3) is 0.500. The van der Waals surface area contributed by atoms with E-state index in [0.717, 1.165) is 15.6 Å². The lowest BCUT2D eigenvalue weighted by molar-refractivity contribution is -0.141. The van der Waals surface area contributed by atoms with Crippen molar-refractivity contribution < 1.29 is 19.4 Å². The minimum absolute atomic E-state index is 0.00489. The van der Waals surface area contributed by atoms with E-state index in [1.54, 1.807) is 14.2 Å². The number of carboxylic acids is 1. The third-order valence-electron chi connectivity index (χ3n) is 3.74. The van der Waals surface area contributed by atoms with Gasteiger partial charge in [0.15, 0.2) is 11.5 Å². The lowest BCUT2D eigenvalue weighted by Gasteiger charge is -2.20. The molecule has 2 rings (SSSR count). The Morgan fingerprint density at radius 3 is 2.65 bits per heavy atom. The van der Waals surface area contributed by atoms with E-state index < -0.39 is 5.97 Å². The quantitative estimate of drug-likeness (QED) is 0.879. The largest absolute Gasteiger partial charge is 0.493 e. The van der Waals surface area contributed by atoms with Crippen LogP contribution in [0.2, 0.25) is 0 Å². The number of hydrogen-bond donors (Lipinski definition) is 2. The zero-order valence-electron chi connectivity index (χ0n) is 11.7. The molecular weight excluding hydrogens is 326 g/mol. The zero-order valence-corrected chi connectivity index (χ0v) is 13.3. The molecule has 1 aliphatic rings. The third-order valence-corrected chi connectivity index (χ3v) is 4.39. The van der Waals surface area contributed by atoms with Gasteiger partial charge >= 0.3 is 5.97 Å². The second kappa shape index (κ2) is 6.01. The van der Waals surface area contributed by atoms with Gasteiger partial charge in [-0.25, -0.2) is 0 Å². The summed E-state index contributed by atoms with van der Waals surface area (Å²) < 4.78 is 11.6. The van der Waals surface area contributed by atoms with Crippen LogP contribution in [0.25, 0.3) is 0 Å². The highest BCUT2D eigenvalue weighted by Crippen LogP contribution is 2.42. The van der Waals surface area contributed by atoms with E-state index in [0.29, 0.717) is 24.5 Å². The fourth-order valence-electron chi connectivity index (χ4n) is 2.72. The number of ether oxygens (including phenoxy) is 2. The van der Waals surface area contributed by atoms with Crippen molar-refractivity contribution in [2.24, 2.45) is 5.92 Å². The number of halogens is 1. The van der Waals surface area contributed by atoms with Crippen LogP contribution in [-0.2, 0) is 4.79 Å². The van der Waals surface area contributed by atoms with Crippen molar-refractivity contribution in [3.05, 3.63) is 21.7 Å². The van der Waals surface area contributed by atoms with Crippen molar-refractivity contribution in [1.29, 1.82) is 0 Å². The number of nitrogens with one attached hydrogen (secondary N) is 1. The van der Waals surface area contributed by atoms with Gasteiger partial charge in [0.1, 0.15) is 0 Å². The number of benzene rings is 1. The second-order valence-electron chi connectivity index (χ2n) is 4.86. The highest BCUT2D eigenvalue weighted by Gasteiger charge is 2.33. The standard InChI is InChI=1S/C14H18BrNO4/c1-7-12(10-4-8(6-16-10)14(17)18)9(15)5-11(19-2)13(7)20-3/h5,8,10,16H,4,6H2,1-3H3,(H,17,18). The number of methoxy groups -OCH3 is 2. The maximum absolute atomic E-state index is 11.1. The normalized spacial score (nSPS) is 21.8. The SMILES string of the molecule is COc1cc(Br)c(C2CC(C(=O)O)CN2)c(C)c1OC. The molecule has 20 heavy (non-hydrogen) atoms. The van der Waals surface area contributed by atoms with Crippen LogP contribution in [-0.4, -0.2) is 31.8 Å². The number of hydrogen-bond acceptors (Lipinski definition) is 4. The van der Waals surface area contributed by atoms with Crippen molar-refractivity contribution in [2.75, 3.05) is 20.8 Å². The molecular formula is C14H18BrNO4. The molecule has 0 saturated carbocycles. The zero-order chi connectivity index (χ0) is 14.9. The van der Waals surface area contributed by atoms with Gasteiger partial charge in [-0.05, 0) is 25.0 Å². The molecule has 2 atom stereocenters. The van der Waals surface area contributed by atoms with E-state index in [1.165, 1.54) is 0 Å². The van der Waals surface area contributed by atoms with Crippen LogP contribution >= 0.6 is 15.9 Å². The van der Waals surface area contributed by atoms with Gasteiger partial charge in [0.25, 0.3) is 0 Å². The summed E-state index contributed by atoms with van der Waals surface area (Å²) in [6.07, 6.45) is 0.574. The summed E-state index contributed by atoms with van der Waals surface area (Å²) in [7, 11) is 3.20. The second-order valence-corrected chi connectivity index (χ2v) is 5.72. The number of carboxylic acid groups (broad SMARTS) is 1. The van der Waals surface area contributed by atoms with E-state index in [-0.39, 0.29) is 12.0 Å². The Bertz CT molecular complexity index is 532. The van der Waals surface area contributed by atoms with Gasteiger partial charge in [-0.15, -0.1) is 0 Å². The average molecular weight is 344 g/mol. The summed E-state index contributed by atoms with van der Waals surface area (Å²) >= 11 is 3.55. The molecule has 6 heteroatoms. The number of carbonyl (C=O) groups is 1. The summed E-state index contributed by atoms with van der Waals surface area (Å²) in [6.45, 7) is 2.44. The van der Waals surface area contributed by atoms with Gasteiger partial charge in [-0.1, -0.05) is 15.9 Å². The lowest BCUT2D eigenvalue weighted by atomic mass is 9.95. The summed E-state index contributed by atoms with van der Waals surface area (Å²) in [5.74, 6) is 0.244. The summed E-state index contributed by atoms with van der Waals surface area (Å²) in [4.78, 5) is 11.1. The van der Waals surface area contributed by atoms with Crippen LogP contribution in [0.5, 0.6) is 11.5 Å². The van der Waals surface area contributed by atoms with Crippen LogP contribution in [0.15, 0.2) is 10.5 Å². The van der Waals surface area contributed by atoms with E-state index in [4.69, 9.17) is 14.6 Å². The van der Waals surface area contributed by atoms with Crippen molar-refractivity contribution in [3.8, 4) is 11.5 Å². The van der Waals surface area contributed by atoms with Gasteiger partial charge < -0.3 is 19.9 Å². The summed E-state index contributed by atoms with van der Waals surface area (Å²) in [5, 5.41) is 12.4. The van der Waals surface area contributed by atoms with Gasteiger partial charge in [-0.2, -0.15) is 0 Å². The molecule has 0 aromatic heterocycles. The Labute approximate surface area is 126 Å². The van der Waals surface area contributed by atoms with Gasteiger partial charge in [0.2, 0.25) is 0 Å². The molecule has 5 nitrogen and oxygen atoms in total. The predicted octanol–water partition coefficient (Wildman–Crippen LogP) is 2.51. The van der Waals surface area contributed by atoms with Crippen LogP contribution in [0.4, 0.5) is 0 Å². The highest BCUT2D eigenvalue weighted by molar-refractivity contribution is 9.10. The topological polar surface area (TPSA) is 67.8 Å². The molecule has 0 aliphatic carbocycles. The van der Waals surface area contributed by atoms with Crippen LogP contribution < -0.4 is 14.8 Å². The Balaban J connectivity index is 2.40. The van der Waals surface area contributed by atoms with E-state index in [9.17, 15) is 4.79 Å².